The lowest BCUT2D eigenvalue weighted by Crippen LogP contribution is -2.47. The summed E-state index contributed by atoms with van der Waals surface area (Å²) < 4.78 is 0. The zero-order valence-electron chi connectivity index (χ0n) is 16.7. The average molecular weight is 398 g/mol. The molecule has 1 aliphatic rings. The largest absolute Gasteiger partial charge is 0.368 e. The molecular formula is C23H22N6O. The Morgan fingerprint density at radius 1 is 1.03 bits per heavy atom. The number of carbonyl (C=O) groups excluding carboxylic acids is 1. The number of hydrogen-bond acceptors (Lipinski definition) is 6. The van der Waals surface area contributed by atoms with Crippen molar-refractivity contribution in [2.75, 3.05) is 41.3 Å². The van der Waals surface area contributed by atoms with E-state index in [0.29, 0.717) is 22.9 Å². The van der Waals surface area contributed by atoms with Crippen molar-refractivity contribution in [1.82, 2.24) is 9.97 Å². The molecule has 2 aromatic carbocycles. The molecule has 1 aliphatic heterocycles. The first kappa shape index (κ1) is 19.4. The molecule has 0 saturated carbocycles. The van der Waals surface area contributed by atoms with Gasteiger partial charge >= 0.3 is 0 Å². The summed E-state index contributed by atoms with van der Waals surface area (Å²) in [6.45, 7) is 5.39. The molecule has 0 aliphatic carbocycles. The van der Waals surface area contributed by atoms with Crippen LogP contribution in [-0.2, 0) is 0 Å². The van der Waals surface area contributed by atoms with Gasteiger partial charge in [0, 0.05) is 43.8 Å². The van der Waals surface area contributed by atoms with E-state index in [4.69, 9.17) is 5.26 Å². The first-order chi connectivity index (χ1) is 14.6. The molecule has 1 fully saturated rings. The summed E-state index contributed by atoms with van der Waals surface area (Å²) >= 11 is 0. The Morgan fingerprint density at radius 2 is 1.80 bits per heavy atom. The van der Waals surface area contributed by atoms with Gasteiger partial charge in [-0.15, -0.1) is 0 Å². The standard InChI is InChI=1S/C23H22N6O/c1-17-4-2-7-20(14-17)28-10-12-29(13-11-28)23-25-9-8-21(27-23)22(30)26-19-6-3-5-18(15-19)16-24/h2-9,14-15H,10-13H2,1H3,(H,26,30). The second-order valence-corrected chi connectivity index (χ2v) is 7.20. The van der Waals surface area contributed by atoms with Crippen LogP contribution >= 0.6 is 0 Å². The predicted molar refractivity (Wildman–Crippen MR) is 117 cm³/mol. The SMILES string of the molecule is Cc1cccc(N2CCN(c3nccc(C(=O)Nc4cccc(C#N)c4)n3)CC2)c1. The van der Waals surface area contributed by atoms with Crippen LogP contribution in [0.25, 0.3) is 0 Å². The molecule has 0 spiro atoms. The van der Waals surface area contributed by atoms with Gasteiger partial charge in [-0.3, -0.25) is 4.79 Å². The number of aromatic nitrogens is 2. The summed E-state index contributed by atoms with van der Waals surface area (Å²) in [7, 11) is 0. The van der Waals surface area contributed by atoms with Gasteiger partial charge < -0.3 is 15.1 Å². The fourth-order valence-corrected chi connectivity index (χ4v) is 3.48. The minimum absolute atomic E-state index is 0.295. The van der Waals surface area contributed by atoms with Crippen LogP contribution < -0.4 is 15.1 Å². The summed E-state index contributed by atoms with van der Waals surface area (Å²) in [5, 5.41) is 11.8. The molecule has 0 radical (unpaired) electrons. The van der Waals surface area contributed by atoms with E-state index in [1.807, 2.05) is 0 Å². The minimum Gasteiger partial charge on any atom is -0.368 e. The molecule has 3 aromatic rings. The van der Waals surface area contributed by atoms with Gasteiger partial charge in [0.25, 0.3) is 5.91 Å². The van der Waals surface area contributed by atoms with Gasteiger partial charge in [-0.25, -0.2) is 9.97 Å². The smallest absolute Gasteiger partial charge is 0.274 e. The average Bonchev–Trinajstić information content (AvgIpc) is 2.79. The maximum Gasteiger partial charge on any atom is 0.274 e. The summed E-state index contributed by atoms with van der Waals surface area (Å²) in [4.78, 5) is 25.9. The zero-order chi connectivity index (χ0) is 20.9. The number of anilines is 3. The molecule has 1 amide bonds. The predicted octanol–water partition coefficient (Wildman–Crippen LogP) is 3.24. The second kappa shape index (κ2) is 8.62. The van der Waals surface area contributed by atoms with E-state index in [9.17, 15) is 4.79 Å². The van der Waals surface area contributed by atoms with E-state index < -0.39 is 0 Å². The summed E-state index contributed by atoms with van der Waals surface area (Å²) in [5.41, 5.74) is 3.82. The fourth-order valence-electron chi connectivity index (χ4n) is 3.48. The number of aryl methyl sites for hydroxylation is 1. The molecule has 1 aromatic heterocycles. The topological polar surface area (TPSA) is 85.1 Å². The van der Waals surface area contributed by atoms with E-state index in [2.05, 4.69) is 62.3 Å². The molecule has 4 rings (SSSR count). The van der Waals surface area contributed by atoms with Crippen LogP contribution in [0.3, 0.4) is 0 Å². The Morgan fingerprint density at radius 3 is 2.57 bits per heavy atom. The Balaban J connectivity index is 1.42. The fraction of sp³-hybridized carbons (Fsp3) is 0.217. The Kier molecular flexibility index (Phi) is 5.57. The Labute approximate surface area is 175 Å². The number of carbonyl (C=O) groups is 1. The van der Waals surface area contributed by atoms with Crippen molar-refractivity contribution >= 4 is 23.2 Å². The molecule has 0 unspecified atom stereocenters. The van der Waals surface area contributed by atoms with Gasteiger partial charge in [0.05, 0.1) is 11.6 Å². The van der Waals surface area contributed by atoms with Crippen LogP contribution in [0.2, 0.25) is 0 Å². The third-order valence-electron chi connectivity index (χ3n) is 5.05. The van der Waals surface area contributed by atoms with Gasteiger partial charge in [0.15, 0.2) is 0 Å². The van der Waals surface area contributed by atoms with E-state index >= 15 is 0 Å². The van der Waals surface area contributed by atoms with Crippen molar-refractivity contribution in [2.45, 2.75) is 6.92 Å². The van der Waals surface area contributed by atoms with Crippen molar-refractivity contribution in [1.29, 1.82) is 5.26 Å². The van der Waals surface area contributed by atoms with Crippen LogP contribution in [0.1, 0.15) is 21.6 Å². The van der Waals surface area contributed by atoms with Crippen LogP contribution in [0.5, 0.6) is 0 Å². The molecule has 2 heterocycles. The van der Waals surface area contributed by atoms with Crippen molar-refractivity contribution in [2.24, 2.45) is 0 Å². The Hall–Kier alpha value is -3.92. The number of benzene rings is 2. The highest BCUT2D eigenvalue weighted by Gasteiger charge is 2.20. The number of rotatable bonds is 4. The lowest BCUT2D eigenvalue weighted by molar-refractivity contribution is 0.102. The maximum atomic E-state index is 12.6. The van der Waals surface area contributed by atoms with Crippen molar-refractivity contribution < 1.29 is 4.79 Å². The molecule has 7 nitrogen and oxygen atoms in total. The van der Waals surface area contributed by atoms with Gasteiger partial charge in [0.2, 0.25) is 5.95 Å². The number of piperazine rings is 1. The zero-order valence-corrected chi connectivity index (χ0v) is 16.7. The van der Waals surface area contributed by atoms with Crippen LogP contribution in [-0.4, -0.2) is 42.1 Å². The highest BCUT2D eigenvalue weighted by molar-refractivity contribution is 6.03. The Bertz CT molecular complexity index is 1100. The number of nitriles is 1. The number of amides is 1. The lowest BCUT2D eigenvalue weighted by atomic mass is 10.2. The quantitative estimate of drug-likeness (QED) is 0.726. The normalized spacial score (nSPS) is 13.6. The van der Waals surface area contributed by atoms with Gasteiger partial charge in [0.1, 0.15) is 5.69 Å². The number of nitrogens with zero attached hydrogens (tertiary/aromatic N) is 5. The van der Waals surface area contributed by atoms with Gasteiger partial charge in [-0.1, -0.05) is 18.2 Å². The first-order valence-electron chi connectivity index (χ1n) is 9.83. The molecule has 150 valence electrons. The molecule has 7 heteroatoms. The van der Waals surface area contributed by atoms with Crippen molar-refractivity contribution in [3.63, 3.8) is 0 Å². The summed E-state index contributed by atoms with van der Waals surface area (Å²) in [6.07, 6.45) is 1.61. The number of hydrogen-bond donors (Lipinski definition) is 1. The van der Waals surface area contributed by atoms with Crippen LogP contribution in [0.15, 0.2) is 60.8 Å². The van der Waals surface area contributed by atoms with Gasteiger partial charge in [-0.05, 0) is 48.9 Å². The molecule has 0 atom stereocenters. The van der Waals surface area contributed by atoms with Crippen LogP contribution in [0.4, 0.5) is 17.3 Å². The van der Waals surface area contributed by atoms with Crippen molar-refractivity contribution in [3.05, 3.63) is 77.6 Å². The monoisotopic (exact) mass is 398 g/mol. The third-order valence-corrected chi connectivity index (χ3v) is 5.05. The third kappa shape index (κ3) is 4.39. The number of nitrogens with one attached hydrogen (secondary N) is 1. The molecule has 1 saturated heterocycles. The highest BCUT2D eigenvalue weighted by atomic mass is 16.1. The molecular weight excluding hydrogens is 376 g/mol. The first-order valence-corrected chi connectivity index (χ1v) is 9.83. The minimum atomic E-state index is -0.327. The molecule has 1 N–H and O–H groups in total. The molecule has 30 heavy (non-hydrogen) atoms. The maximum absolute atomic E-state index is 12.6. The summed E-state index contributed by atoms with van der Waals surface area (Å²) in [5.74, 6) is 0.226. The van der Waals surface area contributed by atoms with E-state index in [0.717, 1.165) is 26.2 Å². The van der Waals surface area contributed by atoms with Gasteiger partial charge in [-0.2, -0.15) is 5.26 Å². The van der Waals surface area contributed by atoms with E-state index in [1.54, 1.807) is 36.5 Å². The van der Waals surface area contributed by atoms with E-state index in [-0.39, 0.29) is 5.91 Å². The van der Waals surface area contributed by atoms with E-state index in [1.165, 1.54) is 11.3 Å². The lowest BCUT2D eigenvalue weighted by Gasteiger charge is -2.36. The highest BCUT2D eigenvalue weighted by Crippen LogP contribution is 2.20. The van der Waals surface area contributed by atoms with Crippen LogP contribution in [0, 0.1) is 18.3 Å². The summed E-state index contributed by atoms with van der Waals surface area (Å²) in [6, 6.07) is 18.9. The van der Waals surface area contributed by atoms with Crippen molar-refractivity contribution in [3.8, 4) is 6.07 Å². The second-order valence-electron chi connectivity index (χ2n) is 7.20. The molecule has 0 bridgehead atoms.